The summed E-state index contributed by atoms with van der Waals surface area (Å²) in [6.07, 6.45) is 0. The van der Waals surface area contributed by atoms with Crippen LogP contribution in [0.4, 0.5) is 11.4 Å². The molecule has 0 aromatic heterocycles. The Bertz CT molecular complexity index is 744. The lowest BCUT2D eigenvalue weighted by Crippen LogP contribution is -2.36. The van der Waals surface area contributed by atoms with Crippen LogP contribution in [-0.4, -0.2) is 31.6 Å². The first-order chi connectivity index (χ1) is 12.5. The highest BCUT2D eigenvalue weighted by atomic mass is 16.5. The average Bonchev–Trinajstić information content (AvgIpc) is 2.62. The molecular weight excluding hydrogens is 332 g/mol. The van der Waals surface area contributed by atoms with Crippen LogP contribution in [-0.2, 0) is 9.59 Å². The molecule has 0 heterocycles. The maximum absolute atomic E-state index is 12.4. The van der Waals surface area contributed by atoms with Gasteiger partial charge in [-0.05, 0) is 50.2 Å². The van der Waals surface area contributed by atoms with E-state index in [1.165, 1.54) is 11.8 Å². The normalized spacial score (nSPS) is 10.1. The molecule has 2 rings (SSSR count). The van der Waals surface area contributed by atoms with Crippen molar-refractivity contribution in [2.75, 3.05) is 30.0 Å². The largest absolute Gasteiger partial charge is 0.494 e. The molecule has 6 heteroatoms. The molecule has 138 valence electrons. The standard InChI is InChI=1S/C20H24N2O4/c1-4-25-17-12-10-16(11-13-17)22(15(3)23)14-20(24)21-18-8-6-7-9-19(18)26-5-2/h6-13H,4-5,14H2,1-3H3,(H,21,24). The number of anilines is 2. The molecule has 0 unspecified atom stereocenters. The van der Waals surface area contributed by atoms with Crippen molar-refractivity contribution in [2.45, 2.75) is 20.8 Å². The Balaban J connectivity index is 2.10. The third-order valence-corrected chi connectivity index (χ3v) is 3.60. The minimum atomic E-state index is -0.304. The lowest BCUT2D eigenvalue weighted by atomic mass is 10.2. The van der Waals surface area contributed by atoms with E-state index in [1.807, 2.05) is 26.0 Å². The van der Waals surface area contributed by atoms with Crippen molar-refractivity contribution in [3.05, 3.63) is 48.5 Å². The fraction of sp³-hybridized carbons (Fsp3) is 0.300. The summed E-state index contributed by atoms with van der Waals surface area (Å²) in [5.41, 5.74) is 1.21. The van der Waals surface area contributed by atoms with Crippen molar-refractivity contribution in [3.63, 3.8) is 0 Å². The minimum Gasteiger partial charge on any atom is -0.494 e. The van der Waals surface area contributed by atoms with Gasteiger partial charge in [0.05, 0.1) is 18.9 Å². The molecule has 2 aromatic rings. The third-order valence-electron chi connectivity index (χ3n) is 3.60. The predicted molar refractivity (Wildman–Crippen MR) is 102 cm³/mol. The van der Waals surface area contributed by atoms with Crippen molar-refractivity contribution in [3.8, 4) is 11.5 Å². The average molecular weight is 356 g/mol. The Morgan fingerprint density at radius 3 is 2.23 bits per heavy atom. The van der Waals surface area contributed by atoms with Gasteiger partial charge in [-0.15, -0.1) is 0 Å². The van der Waals surface area contributed by atoms with E-state index in [9.17, 15) is 9.59 Å². The van der Waals surface area contributed by atoms with E-state index in [0.29, 0.717) is 30.3 Å². The Morgan fingerprint density at radius 2 is 1.62 bits per heavy atom. The number of benzene rings is 2. The molecule has 1 N–H and O–H groups in total. The SMILES string of the molecule is CCOc1ccc(N(CC(=O)Nc2ccccc2OCC)C(C)=O)cc1. The Morgan fingerprint density at radius 1 is 0.962 bits per heavy atom. The molecule has 0 spiro atoms. The molecule has 0 saturated heterocycles. The Kier molecular flexibility index (Phi) is 7.02. The number of para-hydroxylation sites is 2. The van der Waals surface area contributed by atoms with Crippen LogP contribution in [0, 0.1) is 0 Å². The van der Waals surface area contributed by atoms with Crippen molar-refractivity contribution >= 4 is 23.2 Å². The Hall–Kier alpha value is -3.02. The van der Waals surface area contributed by atoms with Crippen molar-refractivity contribution in [2.24, 2.45) is 0 Å². The quantitative estimate of drug-likeness (QED) is 0.786. The van der Waals surface area contributed by atoms with E-state index in [4.69, 9.17) is 9.47 Å². The molecule has 2 aromatic carbocycles. The van der Waals surface area contributed by atoms with E-state index in [0.717, 1.165) is 5.75 Å². The number of amides is 2. The number of hydrogen-bond acceptors (Lipinski definition) is 4. The second-order valence-electron chi connectivity index (χ2n) is 5.51. The first-order valence-electron chi connectivity index (χ1n) is 8.57. The number of carbonyl (C=O) groups is 2. The van der Waals surface area contributed by atoms with Gasteiger partial charge in [0.2, 0.25) is 11.8 Å². The summed E-state index contributed by atoms with van der Waals surface area (Å²) in [5, 5.41) is 2.80. The molecule has 26 heavy (non-hydrogen) atoms. The maximum atomic E-state index is 12.4. The number of rotatable bonds is 8. The fourth-order valence-corrected chi connectivity index (χ4v) is 2.46. The number of ether oxygens (including phenoxy) is 2. The van der Waals surface area contributed by atoms with Crippen LogP contribution >= 0.6 is 0 Å². The second-order valence-corrected chi connectivity index (χ2v) is 5.51. The van der Waals surface area contributed by atoms with Crippen LogP contribution in [0.25, 0.3) is 0 Å². The first kappa shape index (κ1) is 19.3. The summed E-state index contributed by atoms with van der Waals surface area (Å²) in [4.78, 5) is 25.9. The highest BCUT2D eigenvalue weighted by molar-refractivity contribution is 6.02. The summed E-state index contributed by atoms with van der Waals surface area (Å²) in [7, 11) is 0. The van der Waals surface area contributed by atoms with Crippen molar-refractivity contribution in [1.82, 2.24) is 0 Å². The van der Waals surface area contributed by atoms with Crippen LogP contribution in [0.1, 0.15) is 20.8 Å². The highest BCUT2D eigenvalue weighted by Crippen LogP contribution is 2.24. The van der Waals surface area contributed by atoms with Gasteiger partial charge < -0.3 is 19.7 Å². The Labute approximate surface area is 153 Å². The van der Waals surface area contributed by atoms with Gasteiger partial charge in [0.15, 0.2) is 0 Å². The molecule has 6 nitrogen and oxygen atoms in total. The molecule has 0 aliphatic rings. The molecule has 0 radical (unpaired) electrons. The number of carbonyl (C=O) groups excluding carboxylic acids is 2. The van der Waals surface area contributed by atoms with E-state index < -0.39 is 0 Å². The minimum absolute atomic E-state index is 0.0935. The monoisotopic (exact) mass is 356 g/mol. The summed E-state index contributed by atoms with van der Waals surface area (Å²) in [6.45, 7) is 6.18. The summed E-state index contributed by atoms with van der Waals surface area (Å²) >= 11 is 0. The molecule has 0 aliphatic heterocycles. The summed E-state index contributed by atoms with van der Waals surface area (Å²) in [5.74, 6) is 0.789. The van der Waals surface area contributed by atoms with Crippen LogP contribution in [0.5, 0.6) is 11.5 Å². The van der Waals surface area contributed by atoms with Gasteiger partial charge in [-0.2, -0.15) is 0 Å². The van der Waals surface area contributed by atoms with Gasteiger partial charge in [-0.1, -0.05) is 12.1 Å². The number of hydrogen-bond donors (Lipinski definition) is 1. The zero-order valence-electron chi connectivity index (χ0n) is 15.3. The smallest absolute Gasteiger partial charge is 0.244 e. The van der Waals surface area contributed by atoms with Crippen LogP contribution in [0.2, 0.25) is 0 Å². The lowest BCUT2D eigenvalue weighted by Gasteiger charge is -2.21. The highest BCUT2D eigenvalue weighted by Gasteiger charge is 2.17. The van der Waals surface area contributed by atoms with Gasteiger partial charge in [0.1, 0.15) is 18.0 Å². The van der Waals surface area contributed by atoms with Crippen molar-refractivity contribution in [1.29, 1.82) is 0 Å². The summed E-state index contributed by atoms with van der Waals surface area (Å²) < 4.78 is 10.9. The van der Waals surface area contributed by atoms with Gasteiger partial charge in [-0.3, -0.25) is 9.59 Å². The fourth-order valence-electron chi connectivity index (χ4n) is 2.46. The number of nitrogens with one attached hydrogen (secondary N) is 1. The van der Waals surface area contributed by atoms with E-state index in [1.54, 1.807) is 36.4 Å². The van der Waals surface area contributed by atoms with Gasteiger partial charge in [0, 0.05) is 12.6 Å². The van der Waals surface area contributed by atoms with Gasteiger partial charge in [0.25, 0.3) is 0 Å². The van der Waals surface area contributed by atoms with Crippen LogP contribution in [0.15, 0.2) is 48.5 Å². The van der Waals surface area contributed by atoms with E-state index >= 15 is 0 Å². The van der Waals surface area contributed by atoms with Crippen LogP contribution in [0.3, 0.4) is 0 Å². The van der Waals surface area contributed by atoms with Crippen LogP contribution < -0.4 is 19.7 Å². The molecule has 0 saturated carbocycles. The molecular formula is C20H24N2O4. The summed E-state index contributed by atoms with van der Waals surface area (Å²) in [6, 6.07) is 14.3. The molecule has 0 fully saturated rings. The zero-order valence-corrected chi connectivity index (χ0v) is 15.3. The second kappa shape index (κ2) is 9.46. The topological polar surface area (TPSA) is 67.9 Å². The maximum Gasteiger partial charge on any atom is 0.244 e. The van der Waals surface area contributed by atoms with Crippen molar-refractivity contribution < 1.29 is 19.1 Å². The van der Waals surface area contributed by atoms with E-state index in [2.05, 4.69) is 5.32 Å². The zero-order chi connectivity index (χ0) is 18.9. The molecule has 0 atom stereocenters. The number of nitrogens with zero attached hydrogens (tertiary/aromatic N) is 1. The molecule has 2 amide bonds. The molecule has 0 aliphatic carbocycles. The molecule has 0 bridgehead atoms. The predicted octanol–water partition coefficient (Wildman–Crippen LogP) is 3.48. The lowest BCUT2D eigenvalue weighted by molar-refractivity contribution is -0.120. The van der Waals surface area contributed by atoms with Gasteiger partial charge in [-0.25, -0.2) is 0 Å². The van der Waals surface area contributed by atoms with E-state index in [-0.39, 0.29) is 18.4 Å². The van der Waals surface area contributed by atoms with Gasteiger partial charge >= 0.3 is 0 Å². The first-order valence-corrected chi connectivity index (χ1v) is 8.57. The third kappa shape index (κ3) is 5.24.